The number of ether oxygens (including phenoxy) is 2. The topological polar surface area (TPSA) is 72.5 Å². The fourth-order valence-corrected chi connectivity index (χ4v) is 2.81. The molecule has 1 amide bonds. The Labute approximate surface area is 130 Å². The summed E-state index contributed by atoms with van der Waals surface area (Å²) >= 11 is 0. The summed E-state index contributed by atoms with van der Waals surface area (Å²) in [5.41, 5.74) is 1.00. The lowest BCUT2D eigenvalue weighted by Gasteiger charge is -2.22. The molecule has 0 radical (unpaired) electrons. The highest BCUT2D eigenvalue weighted by Gasteiger charge is 2.21. The summed E-state index contributed by atoms with van der Waals surface area (Å²) in [4.78, 5) is 16.2. The molecule has 6 heteroatoms. The maximum atomic E-state index is 12.0. The number of carbonyl (C=O) groups is 1. The first-order chi connectivity index (χ1) is 10.8. The van der Waals surface area contributed by atoms with E-state index < -0.39 is 0 Å². The van der Waals surface area contributed by atoms with E-state index in [1.807, 2.05) is 12.1 Å². The van der Waals surface area contributed by atoms with E-state index >= 15 is 0 Å². The summed E-state index contributed by atoms with van der Waals surface area (Å²) in [5.74, 6) is 0.693. The average molecular weight is 305 g/mol. The third-order valence-electron chi connectivity index (χ3n) is 4.10. The highest BCUT2D eigenvalue weighted by Crippen LogP contribution is 2.16. The van der Waals surface area contributed by atoms with Crippen molar-refractivity contribution in [2.24, 2.45) is 0 Å². The van der Waals surface area contributed by atoms with Crippen molar-refractivity contribution in [1.82, 2.24) is 15.6 Å². The lowest BCUT2D eigenvalue weighted by molar-refractivity contribution is -0.122. The van der Waals surface area contributed by atoms with E-state index in [4.69, 9.17) is 9.47 Å². The zero-order chi connectivity index (χ0) is 15.2. The molecule has 120 valence electrons. The van der Waals surface area contributed by atoms with Crippen LogP contribution in [0.5, 0.6) is 5.88 Å². The molecule has 1 atom stereocenters. The van der Waals surface area contributed by atoms with Gasteiger partial charge in [-0.3, -0.25) is 4.79 Å². The fraction of sp³-hybridized carbons (Fsp3) is 0.625. The number of nitrogens with one attached hydrogen (secondary N) is 2. The van der Waals surface area contributed by atoms with Crippen molar-refractivity contribution >= 4 is 5.91 Å². The number of hydrogen-bond acceptors (Lipinski definition) is 5. The van der Waals surface area contributed by atoms with Gasteiger partial charge in [-0.25, -0.2) is 4.98 Å². The minimum absolute atomic E-state index is 0.0419. The Kier molecular flexibility index (Phi) is 5.24. The van der Waals surface area contributed by atoms with E-state index in [-0.39, 0.29) is 18.1 Å². The van der Waals surface area contributed by atoms with Crippen LogP contribution in [0.2, 0.25) is 0 Å². The summed E-state index contributed by atoms with van der Waals surface area (Å²) in [6.07, 6.45) is 5.68. The summed E-state index contributed by atoms with van der Waals surface area (Å²) in [6.45, 7) is 2.92. The van der Waals surface area contributed by atoms with Crippen molar-refractivity contribution in [3.8, 4) is 5.88 Å². The highest BCUT2D eigenvalue weighted by atomic mass is 16.5. The lowest BCUT2D eigenvalue weighted by atomic mass is 10.1. The van der Waals surface area contributed by atoms with Crippen LogP contribution in [0.15, 0.2) is 18.3 Å². The van der Waals surface area contributed by atoms with Gasteiger partial charge < -0.3 is 20.1 Å². The van der Waals surface area contributed by atoms with Gasteiger partial charge in [-0.15, -0.1) is 0 Å². The fourth-order valence-electron chi connectivity index (χ4n) is 2.81. The van der Waals surface area contributed by atoms with E-state index in [9.17, 15) is 4.79 Å². The van der Waals surface area contributed by atoms with E-state index in [1.54, 1.807) is 6.20 Å². The van der Waals surface area contributed by atoms with Crippen LogP contribution in [0.25, 0.3) is 0 Å². The molecule has 2 fully saturated rings. The molecule has 2 aliphatic heterocycles. The number of aromatic nitrogens is 1. The highest BCUT2D eigenvalue weighted by molar-refractivity contribution is 5.81. The molecule has 0 aliphatic carbocycles. The van der Waals surface area contributed by atoms with Crippen LogP contribution in [0.4, 0.5) is 0 Å². The van der Waals surface area contributed by atoms with Gasteiger partial charge >= 0.3 is 0 Å². The molecule has 6 nitrogen and oxygen atoms in total. The lowest BCUT2D eigenvalue weighted by Crippen LogP contribution is -2.40. The van der Waals surface area contributed by atoms with Gasteiger partial charge in [0.25, 0.3) is 0 Å². The second kappa shape index (κ2) is 7.56. The Morgan fingerprint density at radius 3 is 3.05 bits per heavy atom. The van der Waals surface area contributed by atoms with Crippen molar-refractivity contribution in [3.63, 3.8) is 0 Å². The molecule has 2 N–H and O–H groups in total. The van der Waals surface area contributed by atoms with Gasteiger partial charge in [-0.05, 0) is 31.0 Å². The first-order valence-corrected chi connectivity index (χ1v) is 8.02. The summed E-state index contributed by atoms with van der Waals surface area (Å²) in [6, 6.07) is 3.76. The Morgan fingerprint density at radius 1 is 1.41 bits per heavy atom. The van der Waals surface area contributed by atoms with Gasteiger partial charge in [0.05, 0.1) is 19.3 Å². The minimum Gasteiger partial charge on any atom is -0.474 e. The van der Waals surface area contributed by atoms with Crippen molar-refractivity contribution in [3.05, 3.63) is 23.9 Å². The molecule has 3 heterocycles. The summed E-state index contributed by atoms with van der Waals surface area (Å²) in [7, 11) is 0. The van der Waals surface area contributed by atoms with Gasteiger partial charge in [0, 0.05) is 31.6 Å². The number of nitrogens with zero attached hydrogens (tertiary/aromatic N) is 1. The smallest absolute Gasteiger partial charge is 0.237 e. The number of rotatable bonds is 5. The van der Waals surface area contributed by atoms with Crippen LogP contribution in [0.1, 0.15) is 31.2 Å². The second-order valence-electron chi connectivity index (χ2n) is 5.80. The number of hydrogen-bond donors (Lipinski definition) is 2. The molecule has 22 heavy (non-hydrogen) atoms. The third-order valence-corrected chi connectivity index (χ3v) is 4.10. The Balaban J connectivity index is 1.50. The maximum Gasteiger partial charge on any atom is 0.237 e. The van der Waals surface area contributed by atoms with Crippen LogP contribution in [0, 0.1) is 0 Å². The van der Waals surface area contributed by atoms with E-state index in [0.29, 0.717) is 12.4 Å². The Hall–Kier alpha value is -1.66. The van der Waals surface area contributed by atoms with Gasteiger partial charge in [-0.2, -0.15) is 0 Å². The largest absolute Gasteiger partial charge is 0.474 e. The normalized spacial score (nSPS) is 22.5. The third kappa shape index (κ3) is 4.18. The molecular formula is C16H23N3O3. The van der Waals surface area contributed by atoms with E-state index in [2.05, 4.69) is 15.6 Å². The minimum atomic E-state index is -0.0419. The molecule has 1 unspecified atom stereocenters. The first-order valence-electron chi connectivity index (χ1n) is 8.02. The van der Waals surface area contributed by atoms with Crippen molar-refractivity contribution in [1.29, 1.82) is 0 Å². The molecule has 1 aromatic rings. The SMILES string of the molecule is O=C(NCc1ccnc(OC2CCOCC2)c1)C1CCCN1. The van der Waals surface area contributed by atoms with Crippen molar-refractivity contribution < 1.29 is 14.3 Å². The molecule has 2 saturated heterocycles. The van der Waals surface area contributed by atoms with Gasteiger partial charge in [0.2, 0.25) is 11.8 Å². The molecule has 2 aliphatic rings. The predicted molar refractivity (Wildman–Crippen MR) is 81.6 cm³/mol. The maximum absolute atomic E-state index is 12.0. The van der Waals surface area contributed by atoms with Gasteiger partial charge in [0.15, 0.2) is 0 Å². The summed E-state index contributed by atoms with van der Waals surface area (Å²) < 4.78 is 11.2. The predicted octanol–water partition coefficient (Wildman–Crippen LogP) is 1.01. The molecule has 0 saturated carbocycles. The number of amides is 1. The number of carbonyl (C=O) groups excluding carboxylic acids is 1. The van der Waals surface area contributed by atoms with Crippen molar-refractivity contribution in [2.75, 3.05) is 19.8 Å². The molecule has 0 aromatic carbocycles. The van der Waals surface area contributed by atoms with Crippen LogP contribution >= 0.6 is 0 Å². The molecule has 3 rings (SSSR count). The van der Waals surface area contributed by atoms with E-state index in [1.165, 1.54) is 0 Å². The zero-order valence-electron chi connectivity index (χ0n) is 12.7. The number of pyridine rings is 1. The monoisotopic (exact) mass is 305 g/mol. The zero-order valence-corrected chi connectivity index (χ0v) is 12.7. The molecule has 0 bridgehead atoms. The van der Waals surface area contributed by atoms with Crippen LogP contribution in [-0.2, 0) is 16.1 Å². The standard InChI is InChI=1S/C16H23N3O3/c20-16(14-2-1-6-17-14)19-11-12-3-7-18-15(10-12)22-13-4-8-21-9-5-13/h3,7,10,13-14,17H,1-2,4-6,8-9,11H2,(H,19,20). The quantitative estimate of drug-likeness (QED) is 0.849. The van der Waals surface area contributed by atoms with Crippen molar-refractivity contribution in [2.45, 2.75) is 44.4 Å². The van der Waals surface area contributed by atoms with Gasteiger partial charge in [-0.1, -0.05) is 0 Å². The molecular weight excluding hydrogens is 282 g/mol. The Morgan fingerprint density at radius 2 is 2.27 bits per heavy atom. The first kappa shape index (κ1) is 15.2. The second-order valence-corrected chi connectivity index (χ2v) is 5.80. The van der Waals surface area contributed by atoms with Crippen LogP contribution in [0.3, 0.4) is 0 Å². The van der Waals surface area contributed by atoms with E-state index in [0.717, 1.165) is 51.0 Å². The molecule has 1 aromatic heterocycles. The Bertz CT molecular complexity index is 497. The molecule has 0 spiro atoms. The van der Waals surface area contributed by atoms with Crippen LogP contribution in [-0.4, -0.2) is 42.8 Å². The van der Waals surface area contributed by atoms with Crippen LogP contribution < -0.4 is 15.4 Å². The van der Waals surface area contributed by atoms with Gasteiger partial charge in [0.1, 0.15) is 6.10 Å². The average Bonchev–Trinajstić information content (AvgIpc) is 3.08. The summed E-state index contributed by atoms with van der Waals surface area (Å²) in [5, 5.41) is 6.16.